The monoisotopic (exact) mass is 474 g/mol. The van der Waals surface area contributed by atoms with Gasteiger partial charge in [-0.1, -0.05) is 44.4 Å². The van der Waals surface area contributed by atoms with E-state index < -0.39 is 0 Å². The molecule has 154 valence electrons. The molecule has 3 rings (SSSR count). The van der Waals surface area contributed by atoms with Gasteiger partial charge in [-0.2, -0.15) is 0 Å². The van der Waals surface area contributed by atoms with Gasteiger partial charge in [-0.25, -0.2) is 0 Å². The third-order valence-electron chi connectivity index (χ3n) is 5.03. The second-order valence-electron chi connectivity index (χ2n) is 7.20. The number of nitrogens with zero attached hydrogens (tertiary/aromatic N) is 1. The van der Waals surface area contributed by atoms with Crippen molar-refractivity contribution < 1.29 is 9.53 Å². The van der Waals surface area contributed by atoms with Crippen LogP contribution < -0.4 is 15.0 Å². The molecule has 0 aliphatic carbocycles. The fraction of sp³-hybridized carbons (Fsp3) is 0.391. The number of benzene rings is 2. The van der Waals surface area contributed by atoms with E-state index in [-0.39, 0.29) is 5.91 Å². The van der Waals surface area contributed by atoms with Gasteiger partial charge in [-0.3, -0.25) is 10.1 Å². The lowest BCUT2D eigenvalue weighted by molar-refractivity contribution is 0.0977. The van der Waals surface area contributed by atoms with E-state index >= 15 is 0 Å². The van der Waals surface area contributed by atoms with Crippen molar-refractivity contribution in [3.05, 3.63) is 58.1 Å². The molecule has 0 bridgehead atoms. The number of unbranched alkanes of at least 4 members (excludes halogenated alkanes) is 3. The van der Waals surface area contributed by atoms with Crippen molar-refractivity contribution in [1.82, 2.24) is 5.32 Å². The Morgan fingerprint density at radius 1 is 1.21 bits per heavy atom. The number of ether oxygens (including phenoxy) is 1. The number of carbonyl (C=O) groups excluding carboxylic acids is 1. The summed E-state index contributed by atoms with van der Waals surface area (Å²) in [6.45, 7) is 3.68. The maximum absolute atomic E-state index is 12.7. The number of rotatable bonds is 7. The molecule has 2 aromatic carbocycles. The summed E-state index contributed by atoms with van der Waals surface area (Å²) in [4.78, 5) is 14.7. The fourth-order valence-corrected chi connectivity index (χ4v) is 4.23. The topological polar surface area (TPSA) is 41.6 Å². The zero-order chi connectivity index (χ0) is 20.6. The molecule has 29 heavy (non-hydrogen) atoms. The van der Waals surface area contributed by atoms with E-state index in [2.05, 4.69) is 40.3 Å². The molecule has 0 unspecified atom stereocenters. The summed E-state index contributed by atoms with van der Waals surface area (Å²) in [6.07, 6.45) is 6.70. The second-order valence-corrected chi connectivity index (χ2v) is 8.44. The molecule has 0 fully saturated rings. The molecule has 2 aromatic rings. The summed E-state index contributed by atoms with van der Waals surface area (Å²) in [5, 5.41) is 3.32. The summed E-state index contributed by atoms with van der Waals surface area (Å²) >= 11 is 9.05. The van der Waals surface area contributed by atoms with Crippen LogP contribution in [0, 0.1) is 0 Å². The third kappa shape index (κ3) is 5.80. The number of thiocarbonyl (C=S) groups is 1. The quantitative estimate of drug-likeness (QED) is 0.402. The smallest absolute Gasteiger partial charge is 0.257 e. The minimum atomic E-state index is -0.215. The molecule has 1 heterocycles. The number of anilines is 1. The van der Waals surface area contributed by atoms with Crippen molar-refractivity contribution >= 4 is 44.9 Å². The fourth-order valence-electron chi connectivity index (χ4n) is 3.45. The van der Waals surface area contributed by atoms with Gasteiger partial charge in [-0.15, -0.1) is 0 Å². The zero-order valence-electron chi connectivity index (χ0n) is 16.7. The number of para-hydroxylation sites is 1. The SMILES string of the molecule is CCCCCCOc1ccc(C(=O)NC(=S)N2CCCc3ccccc32)cc1Br. The van der Waals surface area contributed by atoms with Gasteiger partial charge >= 0.3 is 0 Å². The van der Waals surface area contributed by atoms with Crippen LogP contribution >= 0.6 is 28.1 Å². The highest BCUT2D eigenvalue weighted by molar-refractivity contribution is 9.10. The molecular formula is C23H27BrN2O2S. The first-order valence-electron chi connectivity index (χ1n) is 10.2. The van der Waals surface area contributed by atoms with Crippen LogP contribution in [0.2, 0.25) is 0 Å². The molecule has 1 amide bonds. The van der Waals surface area contributed by atoms with Crippen LogP contribution in [0.3, 0.4) is 0 Å². The van der Waals surface area contributed by atoms with Crippen LogP contribution in [0.4, 0.5) is 5.69 Å². The molecule has 0 saturated heterocycles. The Hall–Kier alpha value is -1.92. The summed E-state index contributed by atoms with van der Waals surface area (Å²) < 4.78 is 6.59. The summed E-state index contributed by atoms with van der Waals surface area (Å²) in [5.74, 6) is 0.541. The molecule has 6 heteroatoms. The van der Waals surface area contributed by atoms with Crippen molar-refractivity contribution in [2.75, 3.05) is 18.1 Å². The maximum atomic E-state index is 12.7. The maximum Gasteiger partial charge on any atom is 0.257 e. The molecule has 0 aromatic heterocycles. The molecule has 0 spiro atoms. The molecular weight excluding hydrogens is 448 g/mol. The molecule has 1 N–H and O–H groups in total. The standard InChI is InChI=1S/C23H27BrN2O2S/c1-2-3-4-7-15-28-21-13-12-18(16-19(21)24)22(27)25-23(29)26-14-8-10-17-9-5-6-11-20(17)26/h5-6,9,11-13,16H,2-4,7-8,10,14-15H2,1H3,(H,25,27,29). The Kier molecular flexibility index (Phi) is 8.07. The number of amides is 1. The molecule has 4 nitrogen and oxygen atoms in total. The van der Waals surface area contributed by atoms with Crippen LogP contribution in [0.25, 0.3) is 0 Å². The lowest BCUT2D eigenvalue weighted by Gasteiger charge is -2.31. The van der Waals surface area contributed by atoms with E-state index in [1.165, 1.54) is 24.8 Å². The summed E-state index contributed by atoms with van der Waals surface area (Å²) in [7, 11) is 0. The van der Waals surface area contributed by atoms with Crippen molar-refractivity contribution in [3.63, 3.8) is 0 Å². The normalized spacial score (nSPS) is 13.0. The highest BCUT2D eigenvalue weighted by Gasteiger charge is 2.21. The Morgan fingerprint density at radius 2 is 2.03 bits per heavy atom. The van der Waals surface area contributed by atoms with Crippen molar-refractivity contribution in [3.8, 4) is 5.75 Å². The first kappa shape index (κ1) is 21.8. The van der Waals surface area contributed by atoms with Crippen LogP contribution in [0.1, 0.15) is 54.9 Å². The largest absolute Gasteiger partial charge is 0.492 e. The molecule has 1 aliphatic rings. The molecule has 0 saturated carbocycles. The Morgan fingerprint density at radius 3 is 2.83 bits per heavy atom. The Balaban J connectivity index is 1.59. The van der Waals surface area contributed by atoms with Crippen LogP contribution in [-0.4, -0.2) is 24.2 Å². The number of nitrogens with one attached hydrogen (secondary N) is 1. The summed E-state index contributed by atoms with van der Waals surface area (Å²) in [5.41, 5.74) is 2.89. The lowest BCUT2D eigenvalue weighted by atomic mass is 10.0. The second kappa shape index (κ2) is 10.7. The summed E-state index contributed by atoms with van der Waals surface area (Å²) in [6, 6.07) is 13.6. The van der Waals surface area contributed by atoms with E-state index in [9.17, 15) is 4.79 Å². The van der Waals surface area contributed by atoms with Gasteiger partial charge in [0, 0.05) is 17.8 Å². The van der Waals surface area contributed by atoms with Crippen LogP contribution in [0.15, 0.2) is 46.9 Å². The van der Waals surface area contributed by atoms with Crippen molar-refractivity contribution in [1.29, 1.82) is 0 Å². The predicted octanol–water partition coefficient (Wildman–Crippen LogP) is 5.88. The zero-order valence-corrected chi connectivity index (χ0v) is 19.2. The van der Waals surface area contributed by atoms with E-state index in [0.717, 1.165) is 41.7 Å². The Labute approximate surface area is 186 Å². The van der Waals surface area contributed by atoms with E-state index in [4.69, 9.17) is 17.0 Å². The third-order valence-corrected chi connectivity index (χ3v) is 5.97. The first-order chi connectivity index (χ1) is 14.1. The van der Waals surface area contributed by atoms with Crippen LogP contribution in [0.5, 0.6) is 5.75 Å². The van der Waals surface area contributed by atoms with Gasteiger partial charge in [0.2, 0.25) is 0 Å². The predicted molar refractivity (Wildman–Crippen MR) is 126 cm³/mol. The van der Waals surface area contributed by atoms with E-state index in [0.29, 0.717) is 17.3 Å². The van der Waals surface area contributed by atoms with Crippen molar-refractivity contribution in [2.24, 2.45) is 0 Å². The lowest BCUT2D eigenvalue weighted by Crippen LogP contribution is -2.45. The average molecular weight is 475 g/mol. The first-order valence-corrected chi connectivity index (χ1v) is 11.4. The highest BCUT2D eigenvalue weighted by atomic mass is 79.9. The van der Waals surface area contributed by atoms with Gasteiger partial charge in [0.05, 0.1) is 11.1 Å². The van der Waals surface area contributed by atoms with E-state index in [1.807, 2.05) is 23.1 Å². The van der Waals surface area contributed by atoms with Gasteiger partial charge in [0.1, 0.15) is 5.75 Å². The molecule has 0 radical (unpaired) electrons. The number of hydrogen-bond acceptors (Lipinski definition) is 3. The number of fused-ring (bicyclic) bond motifs is 1. The highest BCUT2D eigenvalue weighted by Crippen LogP contribution is 2.28. The molecule has 0 atom stereocenters. The Bertz CT molecular complexity index is 872. The minimum absolute atomic E-state index is 0.215. The average Bonchev–Trinajstić information content (AvgIpc) is 2.74. The van der Waals surface area contributed by atoms with Gasteiger partial charge in [0.25, 0.3) is 5.91 Å². The number of carbonyl (C=O) groups is 1. The minimum Gasteiger partial charge on any atom is -0.492 e. The van der Waals surface area contributed by atoms with Gasteiger partial charge in [0.15, 0.2) is 5.11 Å². The number of halogens is 1. The number of hydrogen-bond donors (Lipinski definition) is 1. The van der Waals surface area contributed by atoms with Crippen LogP contribution in [-0.2, 0) is 6.42 Å². The molecule has 1 aliphatic heterocycles. The number of aryl methyl sites for hydroxylation is 1. The van der Waals surface area contributed by atoms with Gasteiger partial charge in [-0.05, 0) is 77.2 Å². The van der Waals surface area contributed by atoms with Gasteiger partial charge < -0.3 is 9.64 Å². The van der Waals surface area contributed by atoms with E-state index in [1.54, 1.807) is 12.1 Å². The van der Waals surface area contributed by atoms with Crippen molar-refractivity contribution in [2.45, 2.75) is 45.4 Å².